The molecule has 2 rings (SSSR count). The van der Waals surface area contributed by atoms with Crippen LogP contribution in [-0.4, -0.2) is 35.1 Å². The second kappa shape index (κ2) is 12.0. The summed E-state index contributed by atoms with van der Waals surface area (Å²) in [5.74, 6) is -2.10. The molecule has 2 heterocycles. The Bertz CT molecular complexity index is 1040. The minimum Gasteiger partial charge on any atom is -0.457 e. The Morgan fingerprint density at radius 2 is 1.56 bits per heavy atom. The van der Waals surface area contributed by atoms with E-state index in [4.69, 9.17) is 18.9 Å². The van der Waals surface area contributed by atoms with Crippen LogP contribution in [0.15, 0.2) is 47.2 Å². The number of allylic oxidation sites excluding steroid dienone is 3. The zero-order chi connectivity index (χ0) is 25.4. The molecule has 0 spiro atoms. The predicted molar refractivity (Wildman–Crippen MR) is 122 cm³/mol. The van der Waals surface area contributed by atoms with E-state index < -0.39 is 36.2 Å². The van der Waals surface area contributed by atoms with Crippen molar-refractivity contribution in [2.45, 2.75) is 66.9 Å². The van der Waals surface area contributed by atoms with E-state index in [0.717, 1.165) is 0 Å². The van der Waals surface area contributed by atoms with Crippen LogP contribution in [0.2, 0.25) is 0 Å². The van der Waals surface area contributed by atoms with Gasteiger partial charge in [0.25, 0.3) is 0 Å². The van der Waals surface area contributed by atoms with Gasteiger partial charge in [-0.25, -0.2) is 14.4 Å². The highest BCUT2D eigenvalue weighted by Gasteiger charge is 2.37. The SMILES string of the molecule is CC=C(C)C(=O)OCC(=CC)C(=O)OCc1ccn2c1[C@@H](OC(=O)C(C)=CC)C[C@H]2OC(C)=O. The molecule has 0 N–H and O–H groups in total. The monoisotopic (exact) mass is 473 g/mol. The first-order chi connectivity index (χ1) is 16.1. The van der Waals surface area contributed by atoms with Crippen LogP contribution in [0, 0.1) is 0 Å². The minimum atomic E-state index is -0.679. The molecule has 0 bridgehead atoms. The maximum Gasteiger partial charge on any atom is 0.337 e. The molecule has 1 aliphatic heterocycles. The van der Waals surface area contributed by atoms with E-state index in [1.54, 1.807) is 63.6 Å². The number of fused-ring (bicyclic) bond motifs is 1. The van der Waals surface area contributed by atoms with Gasteiger partial charge in [-0.1, -0.05) is 18.2 Å². The Balaban J connectivity index is 2.14. The molecular formula is C25H31NO8. The van der Waals surface area contributed by atoms with E-state index in [9.17, 15) is 19.2 Å². The molecule has 0 unspecified atom stereocenters. The summed E-state index contributed by atoms with van der Waals surface area (Å²) in [6.45, 7) is 9.34. The summed E-state index contributed by atoms with van der Waals surface area (Å²) in [4.78, 5) is 48.3. The van der Waals surface area contributed by atoms with Gasteiger partial charge >= 0.3 is 23.9 Å². The molecule has 184 valence electrons. The van der Waals surface area contributed by atoms with Crippen molar-refractivity contribution >= 4 is 23.9 Å². The Hall–Kier alpha value is -3.62. The van der Waals surface area contributed by atoms with Crippen molar-refractivity contribution < 1.29 is 38.1 Å². The van der Waals surface area contributed by atoms with E-state index in [2.05, 4.69) is 0 Å². The number of esters is 4. The van der Waals surface area contributed by atoms with Crippen LogP contribution >= 0.6 is 0 Å². The maximum atomic E-state index is 12.6. The number of carbonyl (C=O) groups excluding carboxylic acids is 4. The molecule has 1 aromatic rings. The lowest BCUT2D eigenvalue weighted by Crippen LogP contribution is -2.16. The molecule has 1 aromatic heterocycles. The third-order valence-electron chi connectivity index (χ3n) is 5.46. The molecule has 0 aliphatic carbocycles. The lowest BCUT2D eigenvalue weighted by atomic mass is 10.1. The average molecular weight is 474 g/mol. The first kappa shape index (κ1) is 26.6. The number of carbonyl (C=O) groups is 4. The number of hydrogen-bond donors (Lipinski definition) is 0. The van der Waals surface area contributed by atoms with Crippen LogP contribution in [0.3, 0.4) is 0 Å². The molecule has 9 nitrogen and oxygen atoms in total. The third kappa shape index (κ3) is 6.46. The topological polar surface area (TPSA) is 110 Å². The molecule has 0 aromatic carbocycles. The number of rotatable bonds is 9. The smallest absolute Gasteiger partial charge is 0.337 e. The lowest BCUT2D eigenvalue weighted by Gasteiger charge is -2.15. The Kier molecular flexibility index (Phi) is 9.41. The van der Waals surface area contributed by atoms with Gasteiger partial charge in [0.05, 0.1) is 11.3 Å². The zero-order valence-electron chi connectivity index (χ0n) is 20.4. The molecule has 9 heteroatoms. The normalized spacial score (nSPS) is 18.2. The van der Waals surface area contributed by atoms with Crippen molar-refractivity contribution in [1.29, 1.82) is 0 Å². The van der Waals surface area contributed by atoms with Gasteiger partial charge in [0.15, 0.2) is 6.23 Å². The fraction of sp³-hybridized carbons (Fsp3) is 0.440. The highest BCUT2D eigenvalue weighted by atomic mass is 16.6. The number of hydrogen-bond acceptors (Lipinski definition) is 8. The summed E-state index contributed by atoms with van der Waals surface area (Å²) in [7, 11) is 0. The van der Waals surface area contributed by atoms with Crippen molar-refractivity contribution in [3.8, 4) is 0 Å². The zero-order valence-corrected chi connectivity index (χ0v) is 20.4. The molecule has 0 fully saturated rings. The van der Waals surface area contributed by atoms with E-state index in [1.165, 1.54) is 13.0 Å². The van der Waals surface area contributed by atoms with Gasteiger partial charge in [-0.2, -0.15) is 0 Å². The van der Waals surface area contributed by atoms with Gasteiger partial charge in [-0.05, 0) is 40.7 Å². The van der Waals surface area contributed by atoms with Crippen molar-refractivity contribution in [2.24, 2.45) is 0 Å². The van der Waals surface area contributed by atoms with Crippen molar-refractivity contribution in [3.05, 3.63) is 58.5 Å². The van der Waals surface area contributed by atoms with Crippen LogP contribution in [0.1, 0.15) is 71.6 Å². The number of nitrogens with zero attached hydrogens (tertiary/aromatic N) is 1. The van der Waals surface area contributed by atoms with Crippen molar-refractivity contribution in [3.63, 3.8) is 0 Å². The van der Waals surface area contributed by atoms with Crippen LogP contribution in [-0.2, 0) is 44.7 Å². The minimum absolute atomic E-state index is 0.107. The second-order valence-electron chi connectivity index (χ2n) is 7.74. The highest BCUT2D eigenvalue weighted by Crippen LogP contribution is 2.41. The molecular weight excluding hydrogens is 442 g/mol. The van der Waals surface area contributed by atoms with Gasteiger partial charge < -0.3 is 23.5 Å². The number of ether oxygens (including phenoxy) is 4. The van der Waals surface area contributed by atoms with Crippen molar-refractivity contribution in [2.75, 3.05) is 6.61 Å². The summed E-state index contributed by atoms with van der Waals surface area (Å²) in [5.41, 5.74) is 2.27. The van der Waals surface area contributed by atoms with Gasteiger partial charge in [-0.15, -0.1) is 0 Å². The molecule has 34 heavy (non-hydrogen) atoms. The van der Waals surface area contributed by atoms with E-state index in [1.807, 2.05) is 0 Å². The Morgan fingerprint density at radius 3 is 2.15 bits per heavy atom. The Morgan fingerprint density at radius 1 is 0.912 bits per heavy atom. The predicted octanol–water partition coefficient (Wildman–Crippen LogP) is 4.00. The Labute approximate surface area is 199 Å². The van der Waals surface area contributed by atoms with E-state index >= 15 is 0 Å². The highest BCUT2D eigenvalue weighted by molar-refractivity contribution is 5.91. The molecule has 2 atom stereocenters. The molecule has 1 aliphatic rings. The van der Waals surface area contributed by atoms with E-state index in [0.29, 0.717) is 22.4 Å². The van der Waals surface area contributed by atoms with Gasteiger partial charge in [0.1, 0.15) is 19.3 Å². The summed E-state index contributed by atoms with van der Waals surface area (Å²) in [6.07, 6.45) is 5.41. The molecule has 0 radical (unpaired) electrons. The first-order valence-electron chi connectivity index (χ1n) is 11.0. The lowest BCUT2D eigenvalue weighted by molar-refractivity contribution is -0.153. The molecule has 0 saturated heterocycles. The van der Waals surface area contributed by atoms with Crippen molar-refractivity contribution in [1.82, 2.24) is 4.57 Å². The summed E-state index contributed by atoms with van der Waals surface area (Å²) in [5, 5.41) is 0. The fourth-order valence-electron chi connectivity index (χ4n) is 3.27. The molecule has 0 amide bonds. The number of aromatic nitrogens is 1. The van der Waals surface area contributed by atoms with Gasteiger partial charge in [0.2, 0.25) is 0 Å². The quantitative estimate of drug-likeness (QED) is 0.301. The van der Waals surface area contributed by atoms with E-state index in [-0.39, 0.29) is 25.2 Å². The summed E-state index contributed by atoms with van der Waals surface area (Å²) >= 11 is 0. The third-order valence-corrected chi connectivity index (χ3v) is 5.46. The van der Waals surface area contributed by atoms with Crippen LogP contribution in [0.5, 0.6) is 0 Å². The standard InChI is InChI=1S/C25H31NO8/c1-7-15(4)23(28)31-13-18(9-3)25(30)32-14-19-10-11-26-21(33-17(6)27)12-20(22(19)26)34-24(29)16(5)8-2/h7-11,20-21H,12-14H2,1-6H3/t20-,21+/m0/s1. The average Bonchev–Trinajstić information content (AvgIpc) is 3.37. The fourth-order valence-corrected chi connectivity index (χ4v) is 3.27. The second-order valence-corrected chi connectivity index (χ2v) is 7.74. The summed E-state index contributed by atoms with van der Waals surface area (Å²) < 4.78 is 23.3. The van der Waals surface area contributed by atoms with Crippen LogP contribution in [0.25, 0.3) is 0 Å². The largest absolute Gasteiger partial charge is 0.457 e. The van der Waals surface area contributed by atoms with Crippen LogP contribution < -0.4 is 0 Å². The van der Waals surface area contributed by atoms with Gasteiger partial charge in [-0.3, -0.25) is 4.79 Å². The van der Waals surface area contributed by atoms with Gasteiger partial charge in [0, 0.05) is 36.3 Å². The first-order valence-corrected chi connectivity index (χ1v) is 11.0. The maximum absolute atomic E-state index is 12.6. The van der Waals surface area contributed by atoms with Crippen LogP contribution in [0.4, 0.5) is 0 Å². The molecule has 0 saturated carbocycles. The summed E-state index contributed by atoms with van der Waals surface area (Å²) in [6, 6.07) is 1.71.